The van der Waals surface area contributed by atoms with Gasteiger partial charge in [-0.25, -0.2) is 0 Å². The van der Waals surface area contributed by atoms with Gasteiger partial charge in [-0.1, -0.05) is 54.7 Å². The molecule has 0 spiro atoms. The zero-order valence-electron chi connectivity index (χ0n) is 8.94. The van der Waals surface area contributed by atoms with E-state index in [0.717, 1.165) is 16.7 Å². The molecule has 2 aromatic rings. The van der Waals surface area contributed by atoms with Crippen molar-refractivity contribution < 1.29 is 4.79 Å². The van der Waals surface area contributed by atoms with Crippen LogP contribution in [0.15, 0.2) is 48.5 Å². The average Bonchev–Trinajstić information content (AvgIpc) is 2.66. The van der Waals surface area contributed by atoms with Crippen molar-refractivity contribution in [2.75, 3.05) is 0 Å². The number of carbonyl (C=O) groups excluding carboxylic acids is 1. The molecule has 0 saturated heterocycles. The Labute approximate surface area is 104 Å². The molecule has 3 rings (SSSR count). The minimum Gasteiger partial charge on any atom is -0.312 e. The number of thiocarbonyl (C=S) groups is 1. The lowest BCUT2D eigenvalue weighted by molar-refractivity contribution is 0.0984. The zero-order chi connectivity index (χ0) is 11.8. The van der Waals surface area contributed by atoms with Gasteiger partial charge < -0.3 is 5.32 Å². The molecule has 1 N–H and O–H groups in total. The lowest BCUT2D eigenvalue weighted by atomic mass is 10.0. The number of nitrogens with one attached hydrogen (secondary N) is 1. The fourth-order valence-corrected chi connectivity index (χ4v) is 2.25. The predicted molar refractivity (Wildman–Crippen MR) is 71.0 cm³/mol. The van der Waals surface area contributed by atoms with Crippen molar-refractivity contribution in [3.05, 3.63) is 59.7 Å². The molecule has 2 nitrogen and oxygen atoms in total. The number of rotatable bonds is 1. The van der Waals surface area contributed by atoms with Gasteiger partial charge >= 0.3 is 0 Å². The summed E-state index contributed by atoms with van der Waals surface area (Å²) in [6, 6.07) is 15.7. The van der Waals surface area contributed by atoms with E-state index in [9.17, 15) is 4.79 Å². The average molecular weight is 239 g/mol. The summed E-state index contributed by atoms with van der Waals surface area (Å²) in [7, 11) is 0. The maximum atomic E-state index is 11.7. The van der Waals surface area contributed by atoms with Gasteiger partial charge in [-0.2, -0.15) is 0 Å². The highest BCUT2D eigenvalue weighted by molar-refractivity contribution is 7.80. The summed E-state index contributed by atoms with van der Waals surface area (Å²) in [4.78, 5) is 12.2. The molecule has 17 heavy (non-hydrogen) atoms. The molecule has 0 saturated carbocycles. The van der Waals surface area contributed by atoms with Crippen molar-refractivity contribution in [3.8, 4) is 11.1 Å². The fraction of sp³-hybridized carbons (Fsp3) is 0. The molecule has 0 fully saturated rings. The first-order chi connectivity index (χ1) is 8.25. The first-order valence-electron chi connectivity index (χ1n) is 5.31. The maximum absolute atomic E-state index is 11.7. The van der Waals surface area contributed by atoms with Crippen LogP contribution in [0.4, 0.5) is 0 Å². The van der Waals surface area contributed by atoms with Crippen LogP contribution in [-0.4, -0.2) is 10.9 Å². The summed E-state index contributed by atoms with van der Waals surface area (Å²) in [5.41, 5.74) is 3.62. The predicted octanol–water partition coefficient (Wildman–Crippen LogP) is 2.77. The van der Waals surface area contributed by atoms with Crippen LogP contribution in [0, 0.1) is 0 Å². The van der Waals surface area contributed by atoms with Gasteiger partial charge in [0.05, 0.1) is 5.56 Å². The Kier molecular flexibility index (Phi) is 2.27. The third-order valence-electron chi connectivity index (χ3n) is 2.84. The number of fused-ring (bicyclic) bond motifs is 1. The van der Waals surface area contributed by atoms with Crippen molar-refractivity contribution in [3.63, 3.8) is 0 Å². The monoisotopic (exact) mass is 239 g/mol. The zero-order valence-corrected chi connectivity index (χ0v) is 9.75. The van der Waals surface area contributed by atoms with Gasteiger partial charge in [-0.05, 0) is 17.2 Å². The van der Waals surface area contributed by atoms with Crippen molar-refractivity contribution in [1.82, 2.24) is 5.32 Å². The van der Waals surface area contributed by atoms with Crippen LogP contribution in [0.3, 0.4) is 0 Å². The van der Waals surface area contributed by atoms with Crippen LogP contribution in [0.2, 0.25) is 0 Å². The van der Waals surface area contributed by atoms with E-state index in [2.05, 4.69) is 5.32 Å². The minimum absolute atomic E-state index is 0.109. The Bertz CT molecular complexity index is 619. The summed E-state index contributed by atoms with van der Waals surface area (Å²) in [6.45, 7) is 0. The fourth-order valence-electron chi connectivity index (χ4n) is 1.98. The van der Waals surface area contributed by atoms with Crippen LogP contribution in [-0.2, 0) is 0 Å². The quantitative estimate of drug-likeness (QED) is 0.775. The van der Waals surface area contributed by atoms with Gasteiger partial charge in [-0.3, -0.25) is 4.79 Å². The third kappa shape index (κ3) is 1.65. The molecule has 0 unspecified atom stereocenters. The second-order valence-corrected chi connectivity index (χ2v) is 4.32. The van der Waals surface area contributed by atoms with Gasteiger partial charge in [0.1, 0.15) is 4.99 Å². The Morgan fingerprint density at radius 1 is 0.882 bits per heavy atom. The number of hydrogen-bond donors (Lipinski definition) is 1. The number of benzene rings is 2. The lowest BCUT2D eigenvalue weighted by Gasteiger charge is -2.03. The molecule has 1 aliphatic rings. The standard InChI is InChI=1S/C14H9NOS/c16-13-12-8-10(9-4-2-1-3-5-9)6-7-11(12)14(17)15-13/h1-8H,(H,15,16,17). The van der Waals surface area contributed by atoms with Crippen molar-refractivity contribution in [2.45, 2.75) is 0 Å². The van der Waals surface area contributed by atoms with Gasteiger partial charge in [0.2, 0.25) is 0 Å². The molecule has 0 aromatic heterocycles. The van der Waals surface area contributed by atoms with Crippen LogP contribution in [0.1, 0.15) is 15.9 Å². The highest BCUT2D eigenvalue weighted by Crippen LogP contribution is 2.25. The number of hydrogen-bond acceptors (Lipinski definition) is 2. The Balaban J connectivity index is 2.15. The van der Waals surface area contributed by atoms with Crippen molar-refractivity contribution in [2.24, 2.45) is 0 Å². The van der Waals surface area contributed by atoms with E-state index in [1.54, 1.807) is 0 Å². The largest absolute Gasteiger partial charge is 0.312 e. The van der Waals surface area contributed by atoms with Gasteiger partial charge in [0.25, 0.3) is 5.91 Å². The molecule has 3 heteroatoms. The normalized spacial score (nSPS) is 13.4. The molecule has 1 heterocycles. The van der Waals surface area contributed by atoms with E-state index < -0.39 is 0 Å². The van der Waals surface area contributed by atoms with Gasteiger partial charge in [0, 0.05) is 5.56 Å². The van der Waals surface area contributed by atoms with Gasteiger partial charge in [-0.15, -0.1) is 0 Å². The SMILES string of the molecule is O=C1NC(=S)c2ccc(-c3ccccc3)cc21. The molecular weight excluding hydrogens is 230 g/mol. The molecular formula is C14H9NOS. The minimum atomic E-state index is -0.109. The first-order valence-corrected chi connectivity index (χ1v) is 5.72. The van der Waals surface area contributed by atoms with Crippen LogP contribution < -0.4 is 5.32 Å². The molecule has 1 amide bonds. The first kappa shape index (κ1) is 10.2. The number of carbonyl (C=O) groups is 1. The van der Waals surface area contributed by atoms with Gasteiger partial charge in [0.15, 0.2) is 0 Å². The van der Waals surface area contributed by atoms with Crippen LogP contribution >= 0.6 is 12.2 Å². The lowest BCUT2D eigenvalue weighted by Crippen LogP contribution is -2.18. The molecule has 0 radical (unpaired) electrons. The van der Waals surface area contributed by atoms with E-state index in [4.69, 9.17) is 12.2 Å². The Hall–Kier alpha value is -2.00. The molecule has 0 bridgehead atoms. The topological polar surface area (TPSA) is 29.1 Å². The van der Waals surface area contributed by atoms with Crippen LogP contribution in [0.25, 0.3) is 11.1 Å². The molecule has 82 valence electrons. The highest BCUT2D eigenvalue weighted by atomic mass is 32.1. The van der Waals surface area contributed by atoms with E-state index in [1.165, 1.54) is 0 Å². The Morgan fingerprint density at radius 2 is 1.65 bits per heavy atom. The second-order valence-electron chi connectivity index (χ2n) is 3.91. The summed E-state index contributed by atoms with van der Waals surface area (Å²) in [5, 5.41) is 2.65. The second kappa shape index (κ2) is 3.79. The smallest absolute Gasteiger partial charge is 0.257 e. The van der Waals surface area contributed by atoms with E-state index in [1.807, 2.05) is 48.5 Å². The molecule has 1 aliphatic heterocycles. The Morgan fingerprint density at radius 3 is 2.41 bits per heavy atom. The van der Waals surface area contributed by atoms with Crippen molar-refractivity contribution in [1.29, 1.82) is 0 Å². The summed E-state index contributed by atoms with van der Waals surface area (Å²) in [6.07, 6.45) is 0. The summed E-state index contributed by atoms with van der Waals surface area (Å²) < 4.78 is 0. The molecule has 2 aromatic carbocycles. The molecule has 0 aliphatic carbocycles. The highest BCUT2D eigenvalue weighted by Gasteiger charge is 2.23. The summed E-state index contributed by atoms with van der Waals surface area (Å²) in [5.74, 6) is -0.109. The van der Waals surface area contributed by atoms with E-state index >= 15 is 0 Å². The molecule has 0 atom stereocenters. The van der Waals surface area contributed by atoms with E-state index in [0.29, 0.717) is 10.6 Å². The third-order valence-corrected chi connectivity index (χ3v) is 3.16. The number of amides is 1. The summed E-state index contributed by atoms with van der Waals surface area (Å²) >= 11 is 5.08. The van der Waals surface area contributed by atoms with Crippen LogP contribution in [0.5, 0.6) is 0 Å². The maximum Gasteiger partial charge on any atom is 0.257 e. The van der Waals surface area contributed by atoms with Crippen molar-refractivity contribution >= 4 is 23.1 Å². The van der Waals surface area contributed by atoms with E-state index in [-0.39, 0.29) is 5.91 Å².